The zero-order valence-electron chi connectivity index (χ0n) is 8.48. The maximum Gasteiger partial charge on any atom is 0.222 e. The molecule has 11 heavy (non-hydrogen) atoms. The fourth-order valence-corrected chi connectivity index (χ4v) is 0.552. The molecule has 0 unspecified atom stereocenters. The molecule has 0 aliphatic heterocycles. The molecule has 0 N–H and O–H groups in total. The number of hydrogen-bond donors (Lipinski definition) is 0. The molecule has 0 aromatic carbocycles. The molecule has 0 saturated heterocycles. The molecule has 0 fully saturated rings. The van der Waals surface area contributed by atoms with Crippen molar-refractivity contribution in [3.05, 3.63) is 0 Å². The van der Waals surface area contributed by atoms with Crippen LogP contribution in [-0.2, 0) is 4.79 Å². The topological polar surface area (TPSA) is 20.3 Å². The van der Waals surface area contributed by atoms with Crippen LogP contribution in [-0.4, -0.2) is 24.9 Å². The monoisotopic (exact) mass is 159 g/mol. The van der Waals surface area contributed by atoms with Crippen molar-refractivity contribution in [2.75, 3.05) is 14.1 Å². The van der Waals surface area contributed by atoms with Crippen molar-refractivity contribution < 1.29 is 4.79 Å². The Hall–Kier alpha value is -0.530. The van der Waals surface area contributed by atoms with Crippen LogP contribution in [0.1, 0.15) is 40.0 Å². The molecule has 0 aliphatic carbocycles. The third-order valence-corrected chi connectivity index (χ3v) is 1.24. The lowest BCUT2D eigenvalue weighted by Crippen LogP contribution is -2.20. The fraction of sp³-hybridized carbons (Fsp3) is 0.889. The Morgan fingerprint density at radius 3 is 2.00 bits per heavy atom. The molecule has 0 aliphatic rings. The normalized spacial score (nSPS) is 8.09. The lowest BCUT2D eigenvalue weighted by Gasteiger charge is -2.08. The van der Waals surface area contributed by atoms with Crippen molar-refractivity contribution in [3.63, 3.8) is 0 Å². The number of nitrogens with zero attached hydrogens (tertiary/aromatic N) is 1. The average molecular weight is 159 g/mol. The van der Waals surface area contributed by atoms with Gasteiger partial charge in [-0.25, -0.2) is 0 Å². The Kier molecular flexibility index (Phi) is 11.3. The van der Waals surface area contributed by atoms with Crippen molar-refractivity contribution in [2.24, 2.45) is 0 Å². The molecule has 2 nitrogen and oxygen atoms in total. The molecule has 0 spiro atoms. The van der Waals surface area contributed by atoms with Crippen LogP contribution in [0.3, 0.4) is 0 Å². The number of unbranched alkanes of at least 4 members (excludes halogenated alkanes) is 1. The Labute approximate surface area is 70.6 Å². The molecule has 0 heterocycles. The summed E-state index contributed by atoms with van der Waals surface area (Å²) in [5, 5.41) is 0. The first-order valence-electron chi connectivity index (χ1n) is 4.38. The number of rotatable bonds is 3. The van der Waals surface area contributed by atoms with E-state index >= 15 is 0 Å². The van der Waals surface area contributed by atoms with E-state index in [0.29, 0.717) is 6.42 Å². The van der Waals surface area contributed by atoms with Gasteiger partial charge in [-0.15, -0.1) is 0 Å². The van der Waals surface area contributed by atoms with E-state index in [4.69, 9.17) is 0 Å². The van der Waals surface area contributed by atoms with Gasteiger partial charge in [0.25, 0.3) is 0 Å². The lowest BCUT2D eigenvalue weighted by atomic mass is 10.2. The van der Waals surface area contributed by atoms with Gasteiger partial charge in [0.05, 0.1) is 0 Å². The van der Waals surface area contributed by atoms with Crippen molar-refractivity contribution in [1.82, 2.24) is 4.90 Å². The molecule has 0 bridgehead atoms. The maximum absolute atomic E-state index is 10.8. The smallest absolute Gasteiger partial charge is 0.222 e. The summed E-state index contributed by atoms with van der Waals surface area (Å²) in [5.74, 6) is 0.233. The van der Waals surface area contributed by atoms with E-state index in [-0.39, 0.29) is 5.91 Å². The SMILES string of the molecule is CC.CCCCC(=O)N(C)C. The Morgan fingerprint density at radius 2 is 1.73 bits per heavy atom. The summed E-state index contributed by atoms with van der Waals surface area (Å²) in [6.07, 6.45) is 2.81. The highest BCUT2D eigenvalue weighted by atomic mass is 16.2. The molecular weight excluding hydrogens is 138 g/mol. The third-order valence-electron chi connectivity index (χ3n) is 1.24. The Morgan fingerprint density at radius 1 is 1.27 bits per heavy atom. The van der Waals surface area contributed by atoms with Crippen LogP contribution in [0, 0.1) is 0 Å². The second-order valence-electron chi connectivity index (χ2n) is 2.39. The van der Waals surface area contributed by atoms with Gasteiger partial charge in [0.1, 0.15) is 0 Å². The van der Waals surface area contributed by atoms with E-state index in [0.717, 1.165) is 12.8 Å². The first kappa shape index (κ1) is 13.1. The lowest BCUT2D eigenvalue weighted by molar-refractivity contribution is -0.128. The van der Waals surface area contributed by atoms with Crippen LogP contribution in [0.4, 0.5) is 0 Å². The van der Waals surface area contributed by atoms with Crippen LogP contribution >= 0.6 is 0 Å². The van der Waals surface area contributed by atoms with Gasteiger partial charge < -0.3 is 4.90 Å². The predicted octanol–water partition coefficient (Wildman–Crippen LogP) is 2.29. The van der Waals surface area contributed by atoms with Gasteiger partial charge in [-0.05, 0) is 6.42 Å². The van der Waals surface area contributed by atoms with Gasteiger partial charge in [0.2, 0.25) is 5.91 Å². The molecule has 0 aromatic heterocycles. The molecule has 1 amide bonds. The predicted molar refractivity (Wildman–Crippen MR) is 49.6 cm³/mol. The van der Waals surface area contributed by atoms with Gasteiger partial charge in [-0.3, -0.25) is 4.79 Å². The van der Waals surface area contributed by atoms with E-state index < -0.39 is 0 Å². The molecule has 0 radical (unpaired) electrons. The van der Waals surface area contributed by atoms with Crippen LogP contribution in [0.15, 0.2) is 0 Å². The summed E-state index contributed by atoms with van der Waals surface area (Å²) in [5.41, 5.74) is 0. The molecule has 0 rings (SSSR count). The Balaban J connectivity index is 0. The molecule has 0 aromatic rings. The van der Waals surface area contributed by atoms with Crippen LogP contribution in [0.2, 0.25) is 0 Å². The number of carbonyl (C=O) groups is 1. The quantitative estimate of drug-likeness (QED) is 0.618. The zero-order chi connectivity index (χ0) is 9.28. The summed E-state index contributed by atoms with van der Waals surface area (Å²) in [4.78, 5) is 12.5. The molecular formula is C9H21NO. The van der Waals surface area contributed by atoms with Crippen molar-refractivity contribution >= 4 is 5.91 Å². The summed E-state index contributed by atoms with van der Waals surface area (Å²) in [7, 11) is 3.58. The molecule has 2 heteroatoms. The number of amides is 1. The summed E-state index contributed by atoms with van der Waals surface area (Å²) in [6.45, 7) is 6.09. The van der Waals surface area contributed by atoms with Gasteiger partial charge >= 0.3 is 0 Å². The average Bonchev–Trinajstić information content (AvgIpc) is 2.03. The largest absolute Gasteiger partial charge is 0.349 e. The molecule has 0 saturated carbocycles. The van der Waals surface area contributed by atoms with E-state index in [1.807, 2.05) is 13.8 Å². The summed E-state index contributed by atoms with van der Waals surface area (Å²) >= 11 is 0. The summed E-state index contributed by atoms with van der Waals surface area (Å²) in [6, 6.07) is 0. The standard InChI is InChI=1S/C7H15NO.C2H6/c1-4-5-6-7(9)8(2)3;1-2/h4-6H2,1-3H3;1-2H3. The zero-order valence-corrected chi connectivity index (χ0v) is 8.48. The Bertz CT molecular complexity index is 89.6. The highest BCUT2D eigenvalue weighted by molar-refractivity contribution is 5.75. The van der Waals surface area contributed by atoms with E-state index in [2.05, 4.69) is 6.92 Å². The number of hydrogen-bond acceptors (Lipinski definition) is 1. The minimum Gasteiger partial charge on any atom is -0.349 e. The first-order valence-corrected chi connectivity index (χ1v) is 4.38. The third kappa shape index (κ3) is 9.47. The molecule has 0 atom stereocenters. The van der Waals surface area contributed by atoms with E-state index in [1.54, 1.807) is 19.0 Å². The van der Waals surface area contributed by atoms with Gasteiger partial charge in [-0.1, -0.05) is 27.2 Å². The van der Waals surface area contributed by atoms with Gasteiger partial charge in [0.15, 0.2) is 0 Å². The van der Waals surface area contributed by atoms with Crippen molar-refractivity contribution in [2.45, 2.75) is 40.0 Å². The van der Waals surface area contributed by atoms with E-state index in [1.165, 1.54) is 0 Å². The summed E-state index contributed by atoms with van der Waals surface area (Å²) < 4.78 is 0. The number of carbonyl (C=O) groups excluding carboxylic acids is 1. The minimum atomic E-state index is 0.233. The maximum atomic E-state index is 10.8. The van der Waals surface area contributed by atoms with Crippen molar-refractivity contribution in [3.8, 4) is 0 Å². The molecule has 68 valence electrons. The van der Waals surface area contributed by atoms with Gasteiger partial charge in [-0.2, -0.15) is 0 Å². The van der Waals surface area contributed by atoms with Gasteiger partial charge in [0, 0.05) is 20.5 Å². The highest BCUT2D eigenvalue weighted by Gasteiger charge is 2.00. The van der Waals surface area contributed by atoms with Crippen LogP contribution < -0.4 is 0 Å². The van der Waals surface area contributed by atoms with Crippen LogP contribution in [0.5, 0.6) is 0 Å². The minimum absolute atomic E-state index is 0.233. The van der Waals surface area contributed by atoms with E-state index in [9.17, 15) is 4.79 Å². The second-order valence-corrected chi connectivity index (χ2v) is 2.39. The fourth-order valence-electron chi connectivity index (χ4n) is 0.552. The van der Waals surface area contributed by atoms with Crippen LogP contribution in [0.25, 0.3) is 0 Å². The second kappa shape index (κ2) is 9.47. The van der Waals surface area contributed by atoms with Crippen molar-refractivity contribution in [1.29, 1.82) is 0 Å². The first-order chi connectivity index (χ1) is 5.18. The highest BCUT2D eigenvalue weighted by Crippen LogP contribution is 1.95.